The lowest BCUT2D eigenvalue weighted by Gasteiger charge is -2.05. The van der Waals surface area contributed by atoms with Crippen LogP contribution in [0.5, 0.6) is 0 Å². The van der Waals surface area contributed by atoms with Crippen molar-refractivity contribution in [2.75, 3.05) is 0 Å². The molecule has 0 saturated carbocycles. The van der Waals surface area contributed by atoms with Crippen molar-refractivity contribution in [3.63, 3.8) is 0 Å². The number of thioether (sulfide) groups is 1. The van der Waals surface area contributed by atoms with Gasteiger partial charge in [-0.15, -0.1) is 10.2 Å². The van der Waals surface area contributed by atoms with E-state index in [0.29, 0.717) is 0 Å². The molecule has 0 aliphatic carbocycles. The summed E-state index contributed by atoms with van der Waals surface area (Å²) < 4.78 is 1.82. The van der Waals surface area contributed by atoms with E-state index >= 15 is 0 Å². The van der Waals surface area contributed by atoms with Gasteiger partial charge in [-0.25, -0.2) is 4.68 Å². The van der Waals surface area contributed by atoms with Crippen molar-refractivity contribution in [1.82, 2.24) is 20.0 Å². The summed E-state index contributed by atoms with van der Waals surface area (Å²) in [5.74, 6) is 1.61. The van der Waals surface area contributed by atoms with E-state index < -0.39 is 0 Å². The van der Waals surface area contributed by atoms with Crippen LogP contribution >= 0.6 is 11.8 Å². The molecule has 0 spiro atoms. The molecule has 0 radical (unpaired) electrons. The molecule has 0 aliphatic heterocycles. The number of hydrogen-bond acceptors (Lipinski definition) is 4. The Morgan fingerprint density at radius 3 is 2.19 bits per heavy atom. The van der Waals surface area contributed by atoms with Gasteiger partial charge < -0.3 is 0 Å². The van der Waals surface area contributed by atoms with Crippen LogP contribution in [-0.4, -0.2) is 20.0 Å². The fraction of sp³-hybridized carbons (Fsp3) is 0.136. The summed E-state index contributed by atoms with van der Waals surface area (Å²) in [7, 11) is 0. The van der Waals surface area contributed by atoms with Crippen LogP contribution in [0.4, 0.5) is 0 Å². The van der Waals surface area contributed by atoms with E-state index in [2.05, 4.69) is 63.8 Å². The van der Waals surface area contributed by atoms with Gasteiger partial charge >= 0.3 is 0 Å². The molecule has 4 nitrogen and oxygen atoms in total. The van der Waals surface area contributed by atoms with Crippen LogP contribution in [0.15, 0.2) is 77.8 Å². The fourth-order valence-electron chi connectivity index (χ4n) is 2.95. The molecule has 0 atom stereocenters. The Labute approximate surface area is 163 Å². The Morgan fingerprint density at radius 2 is 1.56 bits per heavy atom. The number of aryl methyl sites for hydroxylation is 2. The molecule has 134 valence electrons. The molecule has 0 fully saturated rings. The van der Waals surface area contributed by atoms with E-state index in [4.69, 9.17) is 0 Å². The Balaban J connectivity index is 1.41. The summed E-state index contributed by atoms with van der Waals surface area (Å²) in [6.45, 7) is 3.99. The van der Waals surface area contributed by atoms with E-state index in [1.807, 2.05) is 42.8 Å². The molecule has 2 aromatic heterocycles. The minimum Gasteiger partial charge on any atom is -0.218 e. The maximum absolute atomic E-state index is 4.44. The second-order valence-electron chi connectivity index (χ2n) is 6.42. The summed E-state index contributed by atoms with van der Waals surface area (Å²) in [4.78, 5) is 0. The maximum atomic E-state index is 4.44. The average molecular weight is 372 g/mol. The first-order chi connectivity index (χ1) is 13.2. The monoisotopic (exact) mass is 372 g/mol. The van der Waals surface area contributed by atoms with Gasteiger partial charge in [0.05, 0.1) is 5.69 Å². The zero-order valence-corrected chi connectivity index (χ0v) is 16.1. The largest absolute Gasteiger partial charge is 0.218 e. The third kappa shape index (κ3) is 4.09. The Bertz CT molecular complexity index is 1020. The molecule has 4 aromatic rings. The number of benzene rings is 2. The lowest BCUT2D eigenvalue weighted by atomic mass is 10.0. The molecule has 2 heterocycles. The van der Waals surface area contributed by atoms with E-state index in [1.54, 1.807) is 11.8 Å². The summed E-state index contributed by atoms with van der Waals surface area (Å²) in [6, 6.07) is 25.1. The minimum absolute atomic E-state index is 0.747. The van der Waals surface area contributed by atoms with Gasteiger partial charge in [0.25, 0.3) is 0 Å². The number of nitrogens with zero attached hydrogens (tertiary/aromatic N) is 4. The quantitative estimate of drug-likeness (QED) is 0.450. The highest BCUT2D eigenvalue weighted by atomic mass is 32.2. The topological polar surface area (TPSA) is 43.6 Å². The smallest absolute Gasteiger partial charge is 0.175 e. The maximum Gasteiger partial charge on any atom is 0.175 e. The molecule has 0 aliphatic rings. The first-order valence-electron chi connectivity index (χ1n) is 8.83. The molecule has 5 heteroatoms. The molecule has 0 amide bonds. The zero-order valence-electron chi connectivity index (χ0n) is 15.3. The van der Waals surface area contributed by atoms with E-state index in [-0.39, 0.29) is 0 Å². The third-order valence-electron chi connectivity index (χ3n) is 4.30. The first kappa shape index (κ1) is 17.5. The summed E-state index contributed by atoms with van der Waals surface area (Å²) in [6.07, 6.45) is 0. The number of rotatable bonds is 5. The van der Waals surface area contributed by atoms with E-state index in [0.717, 1.165) is 28.0 Å². The van der Waals surface area contributed by atoms with Crippen molar-refractivity contribution in [2.45, 2.75) is 24.6 Å². The molecular weight excluding hydrogens is 352 g/mol. The van der Waals surface area contributed by atoms with Crippen molar-refractivity contribution < 1.29 is 0 Å². The van der Waals surface area contributed by atoms with Gasteiger partial charge in [0.1, 0.15) is 5.03 Å². The van der Waals surface area contributed by atoms with Gasteiger partial charge in [-0.1, -0.05) is 66.4 Å². The van der Waals surface area contributed by atoms with Gasteiger partial charge in [0.15, 0.2) is 5.82 Å². The molecular formula is C22H20N4S. The van der Waals surface area contributed by atoms with Gasteiger partial charge in [0.2, 0.25) is 0 Å². The summed E-state index contributed by atoms with van der Waals surface area (Å²) >= 11 is 1.69. The third-order valence-corrected chi connectivity index (χ3v) is 5.29. The van der Waals surface area contributed by atoms with Crippen LogP contribution < -0.4 is 0 Å². The molecule has 0 saturated heterocycles. The highest BCUT2D eigenvalue weighted by Gasteiger charge is 2.06. The van der Waals surface area contributed by atoms with Gasteiger partial charge in [-0.3, -0.25) is 0 Å². The Kier molecular flexibility index (Phi) is 5.03. The average Bonchev–Trinajstić information content (AvgIpc) is 3.06. The number of aromatic nitrogens is 4. The predicted molar refractivity (Wildman–Crippen MR) is 110 cm³/mol. The van der Waals surface area contributed by atoms with Crippen LogP contribution in [-0.2, 0) is 5.75 Å². The van der Waals surface area contributed by atoms with Crippen LogP contribution in [0.3, 0.4) is 0 Å². The van der Waals surface area contributed by atoms with Crippen LogP contribution in [0.1, 0.15) is 17.0 Å². The highest BCUT2D eigenvalue weighted by Crippen LogP contribution is 2.24. The Hall–Kier alpha value is -2.92. The second kappa shape index (κ2) is 7.76. The second-order valence-corrected chi connectivity index (χ2v) is 7.42. The molecule has 2 aromatic carbocycles. The standard InChI is InChI=1S/C22H20N4S/c1-16-14-17(2)26(25-16)21-12-13-22(24-23-21)27-15-18-8-10-20(11-9-18)19-6-4-3-5-7-19/h3-14H,15H2,1-2H3. The van der Waals surface area contributed by atoms with Gasteiger partial charge in [-0.2, -0.15) is 5.10 Å². The van der Waals surface area contributed by atoms with Crippen molar-refractivity contribution in [3.8, 4) is 16.9 Å². The van der Waals surface area contributed by atoms with E-state index in [1.165, 1.54) is 16.7 Å². The van der Waals surface area contributed by atoms with Crippen molar-refractivity contribution >= 4 is 11.8 Å². The fourth-order valence-corrected chi connectivity index (χ4v) is 3.71. The van der Waals surface area contributed by atoms with Crippen LogP contribution in [0.25, 0.3) is 16.9 Å². The normalized spacial score (nSPS) is 10.9. The lowest BCUT2D eigenvalue weighted by Crippen LogP contribution is -2.03. The first-order valence-corrected chi connectivity index (χ1v) is 9.82. The zero-order chi connectivity index (χ0) is 18.6. The summed E-state index contributed by atoms with van der Waals surface area (Å²) in [5, 5.41) is 14.0. The van der Waals surface area contributed by atoms with E-state index in [9.17, 15) is 0 Å². The van der Waals surface area contributed by atoms with Crippen LogP contribution in [0, 0.1) is 13.8 Å². The molecule has 4 rings (SSSR count). The van der Waals surface area contributed by atoms with Crippen LogP contribution in [0.2, 0.25) is 0 Å². The van der Waals surface area contributed by atoms with Crippen molar-refractivity contribution in [1.29, 1.82) is 0 Å². The SMILES string of the molecule is Cc1cc(C)n(-c2ccc(SCc3ccc(-c4ccccc4)cc3)nn2)n1. The lowest BCUT2D eigenvalue weighted by molar-refractivity contribution is 0.765. The van der Waals surface area contributed by atoms with Crippen molar-refractivity contribution in [3.05, 3.63) is 89.7 Å². The number of hydrogen-bond donors (Lipinski definition) is 0. The summed E-state index contributed by atoms with van der Waals surface area (Å²) in [5.41, 5.74) is 5.78. The molecule has 0 N–H and O–H groups in total. The molecule has 0 unspecified atom stereocenters. The highest BCUT2D eigenvalue weighted by molar-refractivity contribution is 7.98. The minimum atomic E-state index is 0.747. The van der Waals surface area contributed by atoms with Crippen molar-refractivity contribution in [2.24, 2.45) is 0 Å². The van der Waals surface area contributed by atoms with Gasteiger partial charge in [-0.05, 0) is 48.7 Å². The molecule has 0 bridgehead atoms. The van der Waals surface area contributed by atoms with Gasteiger partial charge in [0, 0.05) is 11.4 Å². The molecule has 27 heavy (non-hydrogen) atoms. The Morgan fingerprint density at radius 1 is 0.815 bits per heavy atom. The predicted octanol–water partition coefficient (Wildman–Crippen LogP) is 5.24.